The Bertz CT molecular complexity index is 1170. The molecule has 198 valence electrons. The number of nitrogens with zero attached hydrogens (tertiary/aromatic N) is 3. The van der Waals surface area contributed by atoms with E-state index in [1.54, 1.807) is 11.8 Å². The molecule has 1 aromatic rings. The van der Waals surface area contributed by atoms with Crippen LogP contribution in [-0.4, -0.2) is 58.6 Å². The van der Waals surface area contributed by atoms with Gasteiger partial charge in [0.25, 0.3) is 0 Å². The van der Waals surface area contributed by atoms with E-state index in [2.05, 4.69) is 0 Å². The highest BCUT2D eigenvalue weighted by Crippen LogP contribution is 2.45. The zero-order valence-corrected chi connectivity index (χ0v) is 23.0. The number of fused-ring (bicyclic) bond motifs is 1. The second kappa shape index (κ2) is 11.5. The first-order chi connectivity index (χ1) is 17.7. The normalized spacial score (nSPS) is 21.5. The van der Waals surface area contributed by atoms with Crippen LogP contribution in [0.2, 0.25) is 0 Å². The van der Waals surface area contributed by atoms with Crippen LogP contribution in [0.15, 0.2) is 51.6 Å². The predicted molar refractivity (Wildman–Crippen MR) is 143 cm³/mol. The molecule has 0 unspecified atom stereocenters. The number of hydrogen-bond donors (Lipinski definition) is 0. The van der Waals surface area contributed by atoms with E-state index >= 15 is 0 Å². The molecule has 0 N–H and O–H groups in total. The molecular formula is C28H35N3O5S. The maximum absolute atomic E-state index is 13.4. The molecule has 8 nitrogen and oxygen atoms in total. The molecule has 3 heterocycles. The molecular weight excluding hydrogens is 490 g/mol. The Morgan fingerprint density at radius 2 is 1.95 bits per heavy atom. The van der Waals surface area contributed by atoms with E-state index in [1.165, 1.54) is 11.8 Å². The molecule has 9 heteroatoms. The number of ether oxygens (including phenoxy) is 2. The average Bonchev–Trinajstić information content (AvgIpc) is 3.25. The summed E-state index contributed by atoms with van der Waals surface area (Å²) < 4.78 is 10.8. The summed E-state index contributed by atoms with van der Waals surface area (Å²) in [6.07, 6.45) is 1.37. The van der Waals surface area contributed by atoms with Gasteiger partial charge in [-0.1, -0.05) is 36.0 Å². The largest absolute Gasteiger partial charge is 0.466 e. The highest BCUT2D eigenvalue weighted by molar-refractivity contribution is 8.16. The summed E-state index contributed by atoms with van der Waals surface area (Å²) in [4.78, 5) is 47.5. The van der Waals surface area contributed by atoms with Crippen molar-refractivity contribution in [1.82, 2.24) is 9.80 Å². The zero-order chi connectivity index (χ0) is 26.7. The van der Waals surface area contributed by atoms with Crippen molar-refractivity contribution in [1.29, 1.82) is 0 Å². The van der Waals surface area contributed by atoms with Gasteiger partial charge in [0.15, 0.2) is 5.17 Å². The fraction of sp³-hybridized carbons (Fsp3) is 0.500. The Morgan fingerprint density at radius 1 is 1.19 bits per heavy atom. The molecule has 1 fully saturated rings. The summed E-state index contributed by atoms with van der Waals surface area (Å²) in [5.41, 5.74) is 3.88. The van der Waals surface area contributed by atoms with Gasteiger partial charge in [-0.15, -0.1) is 0 Å². The number of thioether (sulfide) groups is 1. The van der Waals surface area contributed by atoms with Crippen molar-refractivity contribution in [3.05, 3.63) is 57.8 Å². The van der Waals surface area contributed by atoms with E-state index in [4.69, 9.17) is 14.5 Å². The molecule has 0 spiro atoms. The number of allylic oxidation sites excluding steroid dienone is 1. The number of amides is 1. The number of carbonyl (C=O) groups excluding carboxylic acids is 3. The van der Waals surface area contributed by atoms with Gasteiger partial charge >= 0.3 is 11.9 Å². The van der Waals surface area contributed by atoms with Crippen LogP contribution in [-0.2, 0) is 23.9 Å². The minimum Gasteiger partial charge on any atom is -0.466 e. The van der Waals surface area contributed by atoms with E-state index in [-0.39, 0.29) is 30.3 Å². The topological polar surface area (TPSA) is 88.5 Å². The fourth-order valence-electron chi connectivity index (χ4n) is 5.02. The molecule has 1 aromatic carbocycles. The Hall–Kier alpha value is -3.07. The lowest BCUT2D eigenvalue weighted by Crippen LogP contribution is -2.44. The third-order valence-electron chi connectivity index (χ3n) is 6.77. The van der Waals surface area contributed by atoms with Gasteiger partial charge in [0.05, 0.1) is 42.4 Å². The summed E-state index contributed by atoms with van der Waals surface area (Å²) in [6, 6.07) is 7.49. The molecule has 0 saturated carbocycles. The summed E-state index contributed by atoms with van der Waals surface area (Å²) in [6.45, 7) is 10.6. The first-order valence-corrected chi connectivity index (χ1v) is 13.7. The highest BCUT2D eigenvalue weighted by atomic mass is 32.2. The predicted octanol–water partition coefficient (Wildman–Crippen LogP) is 4.71. The van der Waals surface area contributed by atoms with Gasteiger partial charge in [0.2, 0.25) is 5.91 Å². The summed E-state index contributed by atoms with van der Waals surface area (Å²) in [5, 5.41) is 2.68. The van der Waals surface area contributed by atoms with Crippen molar-refractivity contribution in [2.45, 2.75) is 66.0 Å². The molecule has 0 bridgehead atoms. The van der Waals surface area contributed by atoms with Crippen molar-refractivity contribution >= 4 is 34.8 Å². The third-order valence-corrected chi connectivity index (χ3v) is 7.66. The zero-order valence-electron chi connectivity index (χ0n) is 22.2. The number of aliphatic imine (C=N–C) groups is 1. The molecule has 3 aliphatic heterocycles. The van der Waals surface area contributed by atoms with Crippen LogP contribution < -0.4 is 0 Å². The molecule has 1 amide bonds. The van der Waals surface area contributed by atoms with Crippen molar-refractivity contribution < 1.29 is 23.9 Å². The number of carbonyl (C=O) groups is 3. The minimum atomic E-state index is -0.456. The van der Waals surface area contributed by atoms with Gasteiger partial charge in [-0.2, -0.15) is 0 Å². The monoisotopic (exact) mass is 525 g/mol. The van der Waals surface area contributed by atoms with E-state index in [0.29, 0.717) is 31.0 Å². The second-order valence-electron chi connectivity index (χ2n) is 9.81. The van der Waals surface area contributed by atoms with Crippen LogP contribution in [0.1, 0.15) is 64.1 Å². The fourth-order valence-corrected chi connectivity index (χ4v) is 5.98. The maximum Gasteiger partial charge on any atom is 0.338 e. The van der Waals surface area contributed by atoms with E-state index in [1.807, 2.05) is 62.3 Å². The third kappa shape index (κ3) is 5.76. The Kier molecular flexibility index (Phi) is 8.42. The van der Waals surface area contributed by atoms with Gasteiger partial charge in [-0.25, -0.2) is 9.79 Å². The summed E-state index contributed by atoms with van der Waals surface area (Å²) in [5.74, 6) is -0.989. The first kappa shape index (κ1) is 27.0. The van der Waals surface area contributed by atoms with Gasteiger partial charge < -0.3 is 19.3 Å². The first-order valence-electron chi connectivity index (χ1n) is 12.9. The van der Waals surface area contributed by atoms with Crippen LogP contribution >= 0.6 is 11.8 Å². The van der Waals surface area contributed by atoms with Crippen LogP contribution in [0.25, 0.3) is 0 Å². The Morgan fingerprint density at radius 3 is 2.65 bits per heavy atom. The standard InChI is InChI=1S/C28H35N3O5S/c1-6-35-26(33)20-11-9-13-30(15-20)23(32)14-21-16-37-28-29-19(5)24(27(34)36-17(2)3)25(31(21)28)22-12-8-7-10-18(22)4/h7-8,10,12,16-17,20,25H,6,9,11,13-15H2,1-5H3/t20-,25-/m1/s1. The van der Waals surface area contributed by atoms with E-state index in [9.17, 15) is 14.4 Å². The van der Waals surface area contributed by atoms with Gasteiger partial charge in [-0.3, -0.25) is 9.59 Å². The van der Waals surface area contributed by atoms with Crippen molar-refractivity contribution in [3.63, 3.8) is 0 Å². The van der Waals surface area contributed by atoms with Gasteiger partial charge in [0.1, 0.15) is 0 Å². The average molecular weight is 526 g/mol. The molecule has 37 heavy (non-hydrogen) atoms. The molecule has 3 aliphatic rings. The second-order valence-corrected chi connectivity index (χ2v) is 10.6. The van der Waals surface area contributed by atoms with Crippen molar-refractivity contribution in [2.24, 2.45) is 10.9 Å². The SMILES string of the molecule is CCOC(=O)[C@@H]1CCCN(C(=O)CC2=CSC3=NC(C)=C(C(=O)OC(C)C)[C@@H](c4ccccc4C)N23)C1. The smallest absolute Gasteiger partial charge is 0.338 e. The van der Waals surface area contributed by atoms with E-state index in [0.717, 1.165) is 34.8 Å². The number of piperidine rings is 1. The van der Waals surface area contributed by atoms with Gasteiger partial charge in [-0.05, 0) is 64.0 Å². The summed E-state index contributed by atoms with van der Waals surface area (Å²) >= 11 is 1.45. The van der Waals surface area contributed by atoms with Gasteiger partial charge in [0, 0.05) is 18.8 Å². The molecule has 4 rings (SSSR count). The summed E-state index contributed by atoms with van der Waals surface area (Å²) in [7, 11) is 0. The number of likely N-dealkylation sites (tertiary alicyclic amines) is 1. The Balaban J connectivity index is 1.62. The lowest BCUT2D eigenvalue weighted by Gasteiger charge is -2.38. The van der Waals surface area contributed by atoms with Crippen LogP contribution in [0.3, 0.4) is 0 Å². The van der Waals surface area contributed by atoms with E-state index < -0.39 is 12.0 Å². The van der Waals surface area contributed by atoms with Crippen molar-refractivity contribution in [3.8, 4) is 0 Å². The molecule has 2 atom stereocenters. The number of hydrogen-bond acceptors (Lipinski definition) is 8. The van der Waals surface area contributed by atoms with Crippen LogP contribution in [0.4, 0.5) is 0 Å². The highest BCUT2D eigenvalue weighted by Gasteiger charge is 2.42. The number of benzene rings is 1. The number of amidine groups is 1. The quantitative estimate of drug-likeness (QED) is 0.476. The number of aryl methyl sites for hydroxylation is 1. The molecule has 0 aromatic heterocycles. The van der Waals surface area contributed by atoms with Crippen LogP contribution in [0.5, 0.6) is 0 Å². The maximum atomic E-state index is 13.4. The van der Waals surface area contributed by atoms with Crippen LogP contribution in [0, 0.1) is 12.8 Å². The molecule has 0 aliphatic carbocycles. The molecule has 0 radical (unpaired) electrons. The lowest BCUT2D eigenvalue weighted by atomic mass is 9.91. The lowest BCUT2D eigenvalue weighted by molar-refractivity contribution is -0.151. The Labute approximate surface area is 222 Å². The minimum absolute atomic E-state index is 0.0526. The molecule has 1 saturated heterocycles. The van der Waals surface area contributed by atoms with Crippen molar-refractivity contribution in [2.75, 3.05) is 19.7 Å². The number of esters is 2. The number of rotatable bonds is 7.